The Hall–Kier alpha value is -1.88. The molecule has 0 unspecified atom stereocenters. The molecule has 5 heteroatoms. The average molecular weight is 262 g/mol. The maximum absolute atomic E-state index is 9.65. The van der Waals surface area contributed by atoms with Crippen LogP contribution in [0.4, 0.5) is 0 Å². The maximum Gasteiger partial charge on any atom is 0.226 e. The van der Waals surface area contributed by atoms with E-state index in [1.54, 1.807) is 6.92 Å². The van der Waals surface area contributed by atoms with Gasteiger partial charge in [-0.15, -0.1) is 0 Å². The van der Waals surface area contributed by atoms with Crippen molar-refractivity contribution >= 4 is 0 Å². The predicted molar refractivity (Wildman–Crippen MR) is 69.7 cm³/mol. The molecule has 0 aliphatic heterocycles. The van der Waals surface area contributed by atoms with Gasteiger partial charge in [0.05, 0.1) is 6.10 Å². The third kappa shape index (κ3) is 3.54. The van der Waals surface area contributed by atoms with E-state index in [1.807, 2.05) is 24.3 Å². The maximum atomic E-state index is 9.65. The lowest BCUT2D eigenvalue weighted by atomic mass is 10.1. The first kappa shape index (κ1) is 13.5. The van der Waals surface area contributed by atoms with Crippen LogP contribution in [-0.2, 0) is 13.0 Å². The highest BCUT2D eigenvalue weighted by molar-refractivity contribution is 5.34. The number of hydrogen-bond donors (Lipinski definition) is 1. The fourth-order valence-corrected chi connectivity index (χ4v) is 1.76. The Balaban J connectivity index is 2.01. The number of aliphatic hydroxyl groups is 1. The van der Waals surface area contributed by atoms with Crippen molar-refractivity contribution in [2.45, 2.75) is 39.4 Å². The third-order valence-corrected chi connectivity index (χ3v) is 2.70. The SMILES string of the molecule is CCCc1nc(COc2ccccc2[C@@H](C)O)no1. The van der Waals surface area contributed by atoms with Crippen molar-refractivity contribution < 1.29 is 14.4 Å². The van der Waals surface area contributed by atoms with Crippen LogP contribution in [0.3, 0.4) is 0 Å². The van der Waals surface area contributed by atoms with E-state index >= 15 is 0 Å². The van der Waals surface area contributed by atoms with Gasteiger partial charge in [-0.2, -0.15) is 4.98 Å². The minimum Gasteiger partial charge on any atom is -0.485 e. The van der Waals surface area contributed by atoms with E-state index in [2.05, 4.69) is 17.1 Å². The molecule has 0 amide bonds. The molecule has 0 fully saturated rings. The molecule has 0 spiro atoms. The number of aliphatic hydroxyl groups excluding tert-OH is 1. The number of nitrogens with zero attached hydrogens (tertiary/aromatic N) is 2. The van der Waals surface area contributed by atoms with Crippen LogP contribution in [0.25, 0.3) is 0 Å². The second-order valence-corrected chi connectivity index (χ2v) is 4.36. The Bertz CT molecular complexity index is 523. The van der Waals surface area contributed by atoms with Crippen molar-refractivity contribution in [2.24, 2.45) is 0 Å². The monoisotopic (exact) mass is 262 g/mol. The van der Waals surface area contributed by atoms with E-state index in [4.69, 9.17) is 9.26 Å². The molecule has 0 radical (unpaired) electrons. The first-order valence-corrected chi connectivity index (χ1v) is 6.42. The van der Waals surface area contributed by atoms with Gasteiger partial charge in [-0.3, -0.25) is 0 Å². The molecule has 2 rings (SSSR count). The zero-order valence-electron chi connectivity index (χ0n) is 11.2. The van der Waals surface area contributed by atoms with Crippen LogP contribution < -0.4 is 4.74 Å². The van der Waals surface area contributed by atoms with Crippen molar-refractivity contribution in [2.75, 3.05) is 0 Å². The summed E-state index contributed by atoms with van der Waals surface area (Å²) in [5.74, 6) is 1.79. The number of benzene rings is 1. The molecular weight excluding hydrogens is 244 g/mol. The molecule has 1 aromatic carbocycles. The summed E-state index contributed by atoms with van der Waals surface area (Å²) in [5, 5.41) is 13.5. The summed E-state index contributed by atoms with van der Waals surface area (Å²) in [7, 11) is 0. The lowest BCUT2D eigenvalue weighted by Crippen LogP contribution is -2.02. The number of aromatic nitrogens is 2. The van der Waals surface area contributed by atoms with Gasteiger partial charge in [-0.1, -0.05) is 30.3 Å². The van der Waals surface area contributed by atoms with E-state index in [0.29, 0.717) is 17.5 Å². The number of ether oxygens (including phenoxy) is 1. The highest BCUT2D eigenvalue weighted by Gasteiger charge is 2.10. The van der Waals surface area contributed by atoms with Gasteiger partial charge in [0, 0.05) is 12.0 Å². The summed E-state index contributed by atoms with van der Waals surface area (Å²) in [6, 6.07) is 7.37. The summed E-state index contributed by atoms with van der Waals surface area (Å²) < 4.78 is 10.7. The van der Waals surface area contributed by atoms with Crippen LogP contribution >= 0.6 is 0 Å². The van der Waals surface area contributed by atoms with Crippen molar-refractivity contribution in [3.8, 4) is 5.75 Å². The van der Waals surface area contributed by atoms with Gasteiger partial charge in [-0.25, -0.2) is 0 Å². The zero-order chi connectivity index (χ0) is 13.7. The number of aryl methyl sites for hydroxylation is 1. The second-order valence-electron chi connectivity index (χ2n) is 4.36. The fourth-order valence-electron chi connectivity index (χ4n) is 1.76. The summed E-state index contributed by atoms with van der Waals surface area (Å²) in [5.41, 5.74) is 0.750. The van der Waals surface area contributed by atoms with E-state index in [1.165, 1.54) is 0 Å². The summed E-state index contributed by atoms with van der Waals surface area (Å²) in [4.78, 5) is 4.22. The third-order valence-electron chi connectivity index (χ3n) is 2.70. The van der Waals surface area contributed by atoms with Crippen LogP contribution in [0.5, 0.6) is 5.75 Å². The quantitative estimate of drug-likeness (QED) is 0.866. The van der Waals surface area contributed by atoms with Crippen molar-refractivity contribution in [1.29, 1.82) is 0 Å². The smallest absolute Gasteiger partial charge is 0.226 e. The van der Waals surface area contributed by atoms with Crippen molar-refractivity contribution in [1.82, 2.24) is 10.1 Å². The van der Waals surface area contributed by atoms with Gasteiger partial charge in [0.25, 0.3) is 0 Å². The van der Waals surface area contributed by atoms with E-state index < -0.39 is 6.10 Å². The molecule has 0 saturated heterocycles. The predicted octanol–water partition coefficient (Wildman–Crippen LogP) is 2.65. The van der Waals surface area contributed by atoms with Crippen LogP contribution in [0.1, 0.15) is 43.7 Å². The second kappa shape index (κ2) is 6.33. The molecule has 19 heavy (non-hydrogen) atoms. The van der Waals surface area contributed by atoms with Crippen molar-refractivity contribution in [3.05, 3.63) is 41.5 Å². The number of rotatable bonds is 6. The lowest BCUT2D eigenvalue weighted by molar-refractivity contribution is 0.189. The van der Waals surface area contributed by atoms with Crippen LogP contribution in [0.15, 0.2) is 28.8 Å². The number of hydrogen-bond acceptors (Lipinski definition) is 5. The first-order valence-electron chi connectivity index (χ1n) is 6.42. The standard InChI is InChI=1S/C14H18N2O3/c1-3-6-14-15-13(16-19-14)9-18-12-8-5-4-7-11(12)10(2)17/h4-5,7-8,10,17H,3,6,9H2,1-2H3/t10-/m1/s1. The molecule has 0 saturated carbocycles. The molecule has 0 bridgehead atoms. The van der Waals surface area contributed by atoms with E-state index in [9.17, 15) is 5.11 Å². The summed E-state index contributed by atoms with van der Waals surface area (Å²) in [6.07, 6.45) is 1.17. The molecule has 2 aromatic rings. The lowest BCUT2D eigenvalue weighted by Gasteiger charge is -2.11. The minimum absolute atomic E-state index is 0.233. The van der Waals surface area contributed by atoms with Crippen LogP contribution in [0, 0.1) is 0 Å². The van der Waals surface area contributed by atoms with Gasteiger partial charge in [0.15, 0.2) is 6.61 Å². The Kier molecular flexibility index (Phi) is 4.52. The molecule has 1 aromatic heterocycles. The molecule has 0 aliphatic rings. The highest BCUT2D eigenvalue weighted by atomic mass is 16.5. The van der Waals surface area contributed by atoms with E-state index in [-0.39, 0.29) is 6.61 Å². The Morgan fingerprint density at radius 1 is 1.37 bits per heavy atom. The molecule has 0 aliphatic carbocycles. The topological polar surface area (TPSA) is 68.4 Å². The normalized spacial score (nSPS) is 12.4. The molecule has 102 valence electrons. The summed E-state index contributed by atoms with van der Waals surface area (Å²) >= 11 is 0. The zero-order valence-corrected chi connectivity index (χ0v) is 11.2. The molecular formula is C14H18N2O3. The van der Waals surface area contributed by atoms with Gasteiger partial charge in [0.2, 0.25) is 11.7 Å². The average Bonchev–Trinajstić information content (AvgIpc) is 2.85. The molecule has 5 nitrogen and oxygen atoms in total. The van der Waals surface area contributed by atoms with Gasteiger partial charge in [-0.05, 0) is 19.4 Å². The molecule has 1 N–H and O–H groups in total. The Morgan fingerprint density at radius 3 is 2.89 bits per heavy atom. The van der Waals surface area contributed by atoms with E-state index in [0.717, 1.165) is 18.4 Å². The van der Waals surface area contributed by atoms with Gasteiger partial charge < -0.3 is 14.4 Å². The van der Waals surface area contributed by atoms with Gasteiger partial charge in [0.1, 0.15) is 5.75 Å². The van der Waals surface area contributed by atoms with Crippen LogP contribution in [0.2, 0.25) is 0 Å². The largest absolute Gasteiger partial charge is 0.485 e. The first-order chi connectivity index (χ1) is 9.20. The molecule has 1 heterocycles. The molecule has 1 atom stereocenters. The minimum atomic E-state index is -0.572. The summed E-state index contributed by atoms with van der Waals surface area (Å²) in [6.45, 7) is 3.99. The highest BCUT2D eigenvalue weighted by Crippen LogP contribution is 2.25. The van der Waals surface area contributed by atoms with Crippen molar-refractivity contribution in [3.63, 3.8) is 0 Å². The van der Waals surface area contributed by atoms with Gasteiger partial charge >= 0.3 is 0 Å². The Morgan fingerprint density at radius 2 is 2.16 bits per heavy atom. The fraction of sp³-hybridized carbons (Fsp3) is 0.429. The van der Waals surface area contributed by atoms with Crippen LogP contribution in [-0.4, -0.2) is 15.2 Å². The number of para-hydroxylation sites is 1. The Labute approximate surface area is 112 Å².